The summed E-state index contributed by atoms with van der Waals surface area (Å²) in [6.07, 6.45) is 37.0. The van der Waals surface area contributed by atoms with Crippen LogP contribution in [0.25, 0.3) is 0 Å². The van der Waals surface area contributed by atoms with Gasteiger partial charge in [-0.25, -0.2) is 4.98 Å². The number of rotatable bonds is 20. The average Bonchev–Trinajstić information content (AvgIpc) is 3.37. The molecule has 0 aliphatic heterocycles. The summed E-state index contributed by atoms with van der Waals surface area (Å²) in [4.78, 5) is 30.2. The van der Waals surface area contributed by atoms with Gasteiger partial charge in [0.2, 0.25) is 11.8 Å². The molecule has 0 fully saturated rings. The minimum atomic E-state index is -0.237. The molecule has 0 spiro atoms. The molecular weight excluding hydrogens is 528 g/mol. The number of hydrogen-bond donors (Lipinski definition) is 3. The monoisotopic (exact) mass is 578 g/mol. The van der Waals surface area contributed by atoms with Gasteiger partial charge in [0.05, 0.1) is 12.2 Å². The Morgan fingerprint density at radius 3 is 2.00 bits per heavy atom. The van der Waals surface area contributed by atoms with Crippen LogP contribution in [0.4, 0.5) is 5.13 Å². The Morgan fingerprint density at radius 1 is 0.829 bits per heavy atom. The molecule has 2 rings (SSSR count). The van der Waals surface area contributed by atoms with Crippen molar-refractivity contribution in [1.29, 1.82) is 0 Å². The van der Waals surface area contributed by atoms with Gasteiger partial charge < -0.3 is 16.0 Å². The Balaban J connectivity index is 1.48. The number of hydrogen-bond acceptors (Lipinski definition) is 5. The summed E-state index contributed by atoms with van der Waals surface area (Å²) >= 11 is 1.55. The minimum absolute atomic E-state index is 0.0342. The lowest BCUT2D eigenvalue weighted by molar-refractivity contribution is -0.124. The number of anilines is 1. The first-order chi connectivity index (χ1) is 20.1. The number of carbonyl (C=O) groups is 2. The van der Waals surface area contributed by atoms with E-state index in [2.05, 4.69) is 102 Å². The third-order valence-corrected chi connectivity index (χ3v) is 7.49. The Labute approximate surface area is 251 Å². The molecule has 1 aliphatic carbocycles. The Kier molecular flexibility index (Phi) is 18.9. The van der Waals surface area contributed by atoms with Crippen LogP contribution in [-0.2, 0) is 22.4 Å². The molecule has 1 aromatic heterocycles. The highest BCUT2D eigenvalue weighted by molar-refractivity contribution is 7.15. The largest absolute Gasteiger partial charge is 0.347 e. The van der Waals surface area contributed by atoms with E-state index in [0.717, 1.165) is 76.4 Å². The number of nitrogens with one attached hydrogen (secondary N) is 3. The lowest BCUT2D eigenvalue weighted by atomic mass is 9.98. The fourth-order valence-corrected chi connectivity index (χ4v) is 5.34. The van der Waals surface area contributed by atoms with Crippen molar-refractivity contribution in [2.45, 2.75) is 96.9 Å². The zero-order valence-corrected chi connectivity index (χ0v) is 25.9. The molecule has 0 saturated heterocycles. The van der Waals surface area contributed by atoms with Gasteiger partial charge in [-0.05, 0) is 77.2 Å². The van der Waals surface area contributed by atoms with Crippen molar-refractivity contribution in [2.75, 3.05) is 18.4 Å². The van der Waals surface area contributed by atoms with Gasteiger partial charge in [-0.3, -0.25) is 9.59 Å². The second-order valence-corrected chi connectivity index (χ2v) is 11.1. The molecule has 0 saturated carbocycles. The molecular formula is C34H50N4O2S. The molecule has 2 amide bonds. The fourth-order valence-electron chi connectivity index (χ4n) is 4.24. The molecule has 1 aliphatic rings. The summed E-state index contributed by atoms with van der Waals surface area (Å²) in [5.41, 5.74) is 1.10. The molecule has 6 nitrogen and oxygen atoms in total. The fraction of sp³-hybridized carbons (Fsp3) is 0.500. The number of aromatic nitrogens is 1. The van der Waals surface area contributed by atoms with Crippen LogP contribution in [0.15, 0.2) is 72.9 Å². The van der Waals surface area contributed by atoms with E-state index in [1.165, 1.54) is 4.88 Å². The first kappa shape index (κ1) is 34.2. The van der Waals surface area contributed by atoms with E-state index in [4.69, 9.17) is 0 Å². The van der Waals surface area contributed by atoms with Crippen LogP contribution >= 0.6 is 11.3 Å². The van der Waals surface area contributed by atoms with E-state index in [-0.39, 0.29) is 18.4 Å². The Bertz CT molecular complexity index is 1060. The van der Waals surface area contributed by atoms with E-state index in [9.17, 15) is 9.59 Å². The van der Waals surface area contributed by atoms with Crippen molar-refractivity contribution in [2.24, 2.45) is 0 Å². The van der Waals surface area contributed by atoms with Crippen molar-refractivity contribution in [3.05, 3.63) is 83.5 Å². The lowest BCUT2D eigenvalue weighted by Gasteiger charge is -2.21. The second kappa shape index (κ2) is 22.6. The standard InChI is InChI=1S/C34H50N4O2S/c1-3-5-6-7-8-9-10-11-12-13-14-15-16-17-18-19-20-21-22-23-32(39)36-28-33(40)38-34-37-30-25-24-29(35-26-4-2)27-31(30)41-34/h5-6,8-9,11-12,14-15,17-18,20-21,29,35H,3-4,7,10,13,16,19,22-28H2,1-2H3,(H,36,39)(H,37,38,40). The number of carbonyl (C=O) groups excluding carboxylic acids is 2. The maximum absolute atomic E-state index is 12.3. The number of aryl methyl sites for hydroxylation is 1. The topological polar surface area (TPSA) is 83.1 Å². The molecule has 7 heteroatoms. The number of fused-ring (bicyclic) bond motifs is 1. The molecule has 0 aromatic carbocycles. The number of thiazole rings is 1. The van der Waals surface area contributed by atoms with Gasteiger partial charge in [0, 0.05) is 17.3 Å². The van der Waals surface area contributed by atoms with Gasteiger partial charge in [-0.2, -0.15) is 0 Å². The van der Waals surface area contributed by atoms with E-state index < -0.39 is 0 Å². The summed E-state index contributed by atoms with van der Waals surface area (Å²) in [7, 11) is 0. The van der Waals surface area contributed by atoms with E-state index in [1.807, 2.05) is 6.08 Å². The summed E-state index contributed by atoms with van der Waals surface area (Å²) in [5, 5.41) is 9.75. The minimum Gasteiger partial charge on any atom is -0.347 e. The number of nitrogens with zero attached hydrogens (tertiary/aromatic N) is 1. The highest BCUT2D eigenvalue weighted by Crippen LogP contribution is 2.29. The summed E-state index contributed by atoms with van der Waals surface area (Å²) in [5.74, 6) is -0.359. The second-order valence-electron chi connectivity index (χ2n) is 10.1. The summed E-state index contributed by atoms with van der Waals surface area (Å²) in [6.45, 7) is 5.32. The predicted molar refractivity (Wildman–Crippen MR) is 175 cm³/mol. The molecule has 1 heterocycles. The van der Waals surface area contributed by atoms with Crippen molar-refractivity contribution in [1.82, 2.24) is 15.6 Å². The van der Waals surface area contributed by atoms with Crippen LogP contribution in [-0.4, -0.2) is 35.9 Å². The summed E-state index contributed by atoms with van der Waals surface area (Å²) in [6, 6.07) is 0.492. The molecule has 3 N–H and O–H groups in total. The Morgan fingerprint density at radius 2 is 1.41 bits per heavy atom. The zero-order chi connectivity index (χ0) is 29.4. The zero-order valence-electron chi connectivity index (χ0n) is 25.1. The van der Waals surface area contributed by atoms with Crippen LogP contribution in [0.5, 0.6) is 0 Å². The normalized spacial score (nSPS) is 15.8. The van der Waals surface area contributed by atoms with E-state index >= 15 is 0 Å². The Hall–Kier alpha value is -3.03. The maximum Gasteiger partial charge on any atom is 0.245 e. The van der Waals surface area contributed by atoms with Crippen LogP contribution in [0.3, 0.4) is 0 Å². The smallest absolute Gasteiger partial charge is 0.245 e. The van der Waals surface area contributed by atoms with Crippen LogP contribution in [0, 0.1) is 0 Å². The third kappa shape index (κ3) is 16.7. The van der Waals surface area contributed by atoms with Crippen LogP contribution < -0.4 is 16.0 Å². The third-order valence-electron chi connectivity index (χ3n) is 6.45. The average molecular weight is 579 g/mol. The van der Waals surface area contributed by atoms with Crippen molar-refractivity contribution < 1.29 is 9.59 Å². The first-order valence-corrected chi connectivity index (χ1v) is 16.1. The van der Waals surface area contributed by atoms with E-state index in [1.54, 1.807) is 11.3 Å². The van der Waals surface area contributed by atoms with Gasteiger partial charge in [0.25, 0.3) is 0 Å². The van der Waals surface area contributed by atoms with Crippen molar-refractivity contribution in [3.8, 4) is 0 Å². The van der Waals surface area contributed by atoms with Gasteiger partial charge in [0.1, 0.15) is 0 Å². The highest BCUT2D eigenvalue weighted by Gasteiger charge is 2.22. The molecule has 0 radical (unpaired) electrons. The maximum atomic E-state index is 12.3. The number of amides is 2. The van der Waals surface area contributed by atoms with Crippen LogP contribution in [0.1, 0.15) is 88.6 Å². The molecule has 0 bridgehead atoms. The van der Waals surface area contributed by atoms with Crippen molar-refractivity contribution in [3.63, 3.8) is 0 Å². The first-order valence-electron chi connectivity index (χ1n) is 15.3. The lowest BCUT2D eigenvalue weighted by Crippen LogP contribution is -2.34. The van der Waals surface area contributed by atoms with Gasteiger partial charge in [0.15, 0.2) is 5.13 Å². The molecule has 224 valence electrons. The van der Waals surface area contributed by atoms with Gasteiger partial charge >= 0.3 is 0 Å². The number of allylic oxidation sites excluding steroid dienone is 12. The van der Waals surface area contributed by atoms with Crippen molar-refractivity contribution >= 4 is 28.3 Å². The summed E-state index contributed by atoms with van der Waals surface area (Å²) < 4.78 is 0. The van der Waals surface area contributed by atoms with Gasteiger partial charge in [-0.15, -0.1) is 11.3 Å². The quantitative estimate of drug-likeness (QED) is 0.140. The SMILES string of the molecule is CCC=CCC=CCC=CCC=CCC=CCC=CCCC(=O)NCC(=O)Nc1nc2c(s1)CC(NCCC)CC2. The molecule has 1 atom stereocenters. The molecule has 1 aromatic rings. The highest BCUT2D eigenvalue weighted by atomic mass is 32.1. The van der Waals surface area contributed by atoms with E-state index in [0.29, 0.717) is 24.0 Å². The molecule has 41 heavy (non-hydrogen) atoms. The van der Waals surface area contributed by atoms with Crippen LogP contribution in [0.2, 0.25) is 0 Å². The van der Waals surface area contributed by atoms with Gasteiger partial charge in [-0.1, -0.05) is 86.8 Å². The molecule has 1 unspecified atom stereocenters. The predicted octanol–water partition coefficient (Wildman–Crippen LogP) is 7.53.